The Morgan fingerprint density at radius 1 is 1.05 bits per heavy atom. The summed E-state index contributed by atoms with van der Waals surface area (Å²) in [5.41, 5.74) is 7.14. The van der Waals surface area contributed by atoms with Crippen LogP contribution in [-0.2, 0) is 18.4 Å². The van der Waals surface area contributed by atoms with Crippen LogP contribution >= 0.6 is 23.2 Å². The Labute approximate surface area is 267 Å². The summed E-state index contributed by atoms with van der Waals surface area (Å²) in [5.74, 6) is 2.17. The molecule has 2 fully saturated rings. The van der Waals surface area contributed by atoms with Crippen molar-refractivity contribution < 1.29 is 18.8 Å². The molecule has 0 N–H and O–H groups in total. The van der Waals surface area contributed by atoms with Crippen molar-refractivity contribution in [2.24, 2.45) is 7.05 Å². The van der Waals surface area contributed by atoms with Crippen molar-refractivity contribution in [1.82, 2.24) is 14.9 Å². The fourth-order valence-corrected chi connectivity index (χ4v) is 6.59. The maximum absolute atomic E-state index is 12.1. The number of methoxy groups -OCH3 is 1. The summed E-state index contributed by atoms with van der Waals surface area (Å²) >= 11 is 13.4. The Morgan fingerprint density at radius 3 is 2.55 bits per heavy atom. The Hall–Kier alpha value is -3.81. The average molecular weight is 633 g/mol. The second-order valence-corrected chi connectivity index (χ2v) is 12.1. The van der Waals surface area contributed by atoms with Gasteiger partial charge in [0, 0.05) is 28.9 Å². The third-order valence-electron chi connectivity index (χ3n) is 8.45. The number of rotatable bonds is 8. The minimum Gasteiger partial charge on any atom is -0.489 e. The van der Waals surface area contributed by atoms with Gasteiger partial charge in [-0.15, -0.1) is 0 Å². The number of hydrogen-bond donors (Lipinski definition) is 0. The third kappa shape index (κ3) is 5.59. The van der Waals surface area contributed by atoms with Gasteiger partial charge in [0.25, 0.3) is 0 Å². The number of halogens is 2. The molecule has 3 aromatic carbocycles. The van der Waals surface area contributed by atoms with Crippen molar-refractivity contribution in [2.75, 3.05) is 7.11 Å². The first-order valence-corrected chi connectivity index (χ1v) is 15.8. The van der Waals surface area contributed by atoms with E-state index in [0.717, 1.165) is 63.9 Å². The lowest BCUT2D eigenvalue weighted by atomic mass is 10.0. The molecule has 0 bridgehead atoms. The van der Waals surface area contributed by atoms with Crippen molar-refractivity contribution >= 4 is 40.1 Å². The van der Waals surface area contributed by atoms with Crippen molar-refractivity contribution in [3.05, 3.63) is 98.4 Å². The van der Waals surface area contributed by atoms with Gasteiger partial charge in [0.05, 0.1) is 23.2 Å². The zero-order chi connectivity index (χ0) is 31.1. The van der Waals surface area contributed by atoms with Crippen LogP contribution in [0.5, 0.6) is 5.75 Å². The number of benzene rings is 3. The molecule has 7 nitrogen and oxygen atoms in total. The topological polar surface area (TPSA) is 79.4 Å². The summed E-state index contributed by atoms with van der Waals surface area (Å²) in [4.78, 5) is 12.1. The minimum atomic E-state index is -0.435. The number of ether oxygens (including phenoxy) is 2. The number of aryl methyl sites for hydroxylation is 2. The third-order valence-corrected chi connectivity index (χ3v) is 9.10. The lowest BCUT2D eigenvalue weighted by Crippen LogP contribution is -2.03. The van der Waals surface area contributed by atoms with Gasteiger partial charge in [-0.25, -0.2) is 4.79 Å². The summed E-state index contributed by atoms with van der Waals surface area (Å²) in [6.07, 6.45) is 3.18. The first-order chi connectivity index (χ1) is 21.3. The number of carbonyl (C=O) groups is 1. The van der Waals surface area contributed by atoms with Gasteiger partial charge in [0.1, 0.15) is 23.8 Å². The molecule has 0 saturated heterocycles. The summed E-state index contributed by atoms with van der Waals surface area (Å²) in [6, 6.07) is 17.9. The molecule has 228 valence electrons. The minimum absolute atomic E-state index is 0.312. The molecule has 0 aliphatic heterocycles. The molecule has 2 aliphatic rings. The van der Waals surface area contributed by atoms with Gasteiger partial charge in [0.15, 0.2) is 5.69 Å². The second-order valence-electron chi connectivity index (χ2n) is 11.2. The smallest absolute Gasteiger partial charge is 0.359 e. The van der Waals surface area contributed by atoms with Crippen molar-refractivity contribution in [1.29, 1.82) is 0 Å². The first kappa shape index (κ1) is 30.2. The van der Waals surface area contributed by atoms with Crippen LogP contribution in [0.1, 0.15) is 89.4 Å². The fourth-order valence-electron chi connectivity index (χ4n) is 5.97. The molecule has 2 saturated carbocycles. The van der Waals surface area contributed by atoms with Crippen LogP contribution in [0, 0.1) is 6.92 Å². The molecule has 9 heteroatoms. The summed E-state index contributed by atoms with van der Waals surface area (Å²) in [5, 5.41) is 10.9. The summed E-state index contributed by atoms with van der Waals surface area (Å²) in [6.45, 7) is 6.34. The monoisotopic (exact) mass is 631 g/mol. The van der Waals surface area contributed by atoms with Crippen LogP contribution in [0.4, 0.5) is 0 Å². The quantitative estimate of drug-likeness (QED) is 0.159. The molecular formula is C35H35Cl2N3O4. The van der Waals surface area contributed by atoms with E-state index >= 15 is 0 Å². The average Bonchev–Trinajstić information content (AvgIpc) is 3.96. The lowest BCUT2D eigenvalue weighted by Gasteiger charge is -2.12. The van der Waals surface area contributed by atoms with Gasteiger partial charge < -0.3 is 14.0 Å². The van der Waals surface area contributed by atoms with Crippen LogP contribution in [0.15, 0.2) is 59.1 Å². The molecule has 2 aromatic heterocycles. The predicted molar refractivity (Wildman–Crippen MR) is 173 cm³/mol. The van der Waals surface area contributed by atoms with Crippen LogP contribution < -0.4 is 4.74 Å². The fraction of sp³-hybridized carbons (Fsp3) is 0.343. The highest BCUT2D eigenvalue weighted by atomic mass is 35.5. The Balaban J connectivity index is 0.00000168. The number of aromatic nitrogens is 3. The molecule has 2 atom stereocenters. The number of esters is 1. The second kappa shape index (κ2) is 12.3. The van der Waals surface area contributed by atoms with Crippen molar-refractivity contribution in [3.8, 4) is 17.0 Å². The van der Waals surface area contributed by atoms with Crippen molar-refractivity contribution in [2.45, 2.75) is 64.4 Å². The van der Waals surface area contributed by atoms with E-state index in [0.29, 0.717) is 45.8 Å². The number of hydrogen-bond acceptors (Lipinski definition) is 6. The summed E-state index contributed by atoms with van der Waals surface area (Å²) < 4.78 is 18.7. The highest BCUT2D eigenvalue weighted by Gasteiger charge is 2.41. The van der Waals surface area contributed by atoms with E-state index in [4.69, 9.17) is 37.2 Å². The Kier molecular flexibility index (Phi) is 8.44. The van der Waals surface area contributed by atoms with Crippen LogP contribution in [0.3, 0.4) is 0 Å². The molecule has 5 aromatic rings. The molecule has 0 amide bonds. The number of fused-ring (bicyclic) bond motifs is 1. The van der Waals surface area contributed by atoms with Gasteiger partial charge >= 0.3 is 5.97 Å². The van der Waals surface area contributed by atoms with Gasteiger partial charge in [-0.2, -0.15) is 5.10 Å². The number of carbonyl (C=O) groups excluding carboxylic acids is 1. The zero-order valence-electron chi connectivity index (χ0n) is 25.5. The van der Waals surface area contributed by atoms with Crippen LogP contribution in [-0.4, -0.2) is 28.0 Å². The van der Waals surface area contributed by atoms with Crippen molar-refractivity contribution in [3.63, 3.8) is 0 Å². The molecule has 0 spiro atoms. The van der Waals surface area contributed by atoms with Gasteiger partial charge in [-0.3, -0.25) is 4.68 Å². The largest absolute Gasteiger partial charge is 0.489 e. The predicted octanol–water partition coefficient (Wildman–Crippen LogP) is 9.38. The highest BCUT2D eigenvalue weighted by molar-refractivity contribution is 6.33. The normalized spacial score (nSPS) is 17.2. The lowest BCUT2D eigenvalue weighted by molar-refractivity contribution is 0.0595. The highest BCUT2D eigenvalue weighted by Crippen LogP contribution is 2.56. The Bertz CT molecular complexity index is 1840. The summed E-state index contributed by atoms with van der Waals surface area (Å²) in [7, 11) is 3.20. The molecule has 2 unspecified atom stereocenters. The maximum atomic E-state index is 12.1. The van der Waals surface area contributed by atoms with E-state index in [2.05, 4.69) is 28.5 Å². The van der Waals surface area contributed by atoms with Gasteiger partial charge in [-0.05, 0) is 79.0 Å². The first-order valence-electron chi connectivity index (χ1n) is 15.0. The molecular weight excluding hydrogens is 597 g/mol. The van der Waals surface area contributed by atoms with E-state index in [1.165, 1.54) is 12.7 Å². The van der Waals surface area contributed by atoms with E-state index in [9.17, 15) is 4.79 Å². The maximum Gasteiger partial charge on any atom is 0.359 e. The molecule has 2 aliphatic carbocycles. The van der Waals surface area contributed by atoms with E-state index in [1.807, 2.05) is 64.2 Å². The molecule has 0 radical (unpaired) electrons. The Morgan fingerprint density at radius 2 is 1.84 bits per heavy atom. The zero-order valence-corrected chi connectivity index (χ0v) is 27.0. The van der Waals surface area contributed by atoms with E-state index in [1.54, 1.807) is 4.68 Å². The van der Waals surface area contributed by atoms with Crippen LogP contribution in [0.25, 0.3) is 22.2 Å². The van der Waals surface area contributed by atoms with Gasteiger partial charge in [-0.1, -0.05) is 72.5 Å². The SMILES string of the molecule is CC.COC(=O)c1nn(C)c2cc(C3CC3c3ccc(OCc4c(-c5c(C)cccc5Cl)noc4C4CC4)cc3Cl)ccc12. The molecule has 2 heterocycles. The standard InChI is InChI=1S/C33H29Cl2N3O4.C2H6/c1-17-5-4-6-26(34)29(17)30-25(32(42-37-30)18-7-8-18)16-41-20-10-12-21(27(35)14-20)24-15-23(24)19-9-11-22-28(13-19)38(2)36-31(22)33(39)40-3;1-2/h4-6,9-14,18,23-24H,7-8,15-16H2,1-3H3;1-2H3. The number of nitrogens with zero attached hydrogens (tertiary/aromatic N) is 3. The van der Waals surface area contributed by atoms with Gasteiger partial charge in [0.2, 0.25) is 0 Å². The molecule has 44 heavy (non-hydrogen) atoms. The van der Waals surface area contributed by atoms with E-state index < -0.39 is 5.97 Å². The van der Waals surface area contributed by atoms with Crippen LogP contribution in [0.2, 0.25) is 10.0 Å². The van der Waals surface area contributed by atoms with E-state index in [-0.39, 0.29) is 0 Å². The molecule has 7 rings (SSSR count).